The molecule has 34 heavy (non-hydrogen) atoms. The third kappa shape index (κ3) is 2.26. The van der Waals surface area contributed by atoms with E-state index in [4.69, 9.17) is 11.6 Å². The number of thioether (sulfide) groups is 1. The average molecular weight is 487 g/mol. The van der Waals surface area contributed by atoms with Crippen LogP contribution in [0, 0.1) is 12.3 Å². The van der Waals surface area contributed by atoms with Gasteiger partial charge in [-0.3, -0.25) is 14.5 Å². The maximum absolute atomic E-state index is 14.7. The number of hydrogen-bond acceptors (Lipinski definition) is 4. The normalized spacial score (nSPS) is 31.2. The number of carbonyl (C=O) groups is 2. The van der Waals surface area contributed by atoms with E-state index in [1.165, 1.54) is 5.56 Å². The fourth-order valence-corrected chi connectivity index (χ4v) is 8.82. The molecule has 3 heterocycles. The lowest BCUT2D eigenvalue weighted by atomic mass is 9.57. The van der Waals surface area contributed by atoms with Crippen molar-refractivity contribution in [2.75, 3.05) is 16.9 Å². The summed E-state index contributed by atoms with van der Waals surface area (Å²) in [5, 5.41) is 3.73. The van der Waals surface area contributed by atoms with Crippen LogP contribution in [-0.2, 0) is 16.8 Å². The molecule has 2 spiro atoms. The number of aryl methyl sites for hydroxylation is 1. The zero-order chi connectivity index (χ0) is 23.2. The van der Waals surface area contributed by atoms with Crippen molar-refractivity contribution in [1.29, 1.82) is 0 Å². The minimum absolute atomic E-state index is 0.0695. The maximum atomic E-state index is 14.7. The second-order valence-corrected chi connectivity index (χ2v) is 11.3. The molecule has 6 heteroatoms. The highest BCUT2D eigenvalue weighted by atomic mass is 35.5. The van der Waals surface area contributed by atoms with E-state index in [1.54, 1.807) is 0 Å². The second kappa shape index (κ2) is 6.97. The van der Waals surface area contributed by atoms with Gasteiger partial charge in [0.1, 0.15) is 5.54 Å². The van der Waals surface area contributed by atoms with Gasteiger partial charge >= 0.3 is 0 Å². The Labute approximate surface area is 207 Å². The zero-order valence-corrected chi connectivity index (χ0v) is 20.2. The van der Waals surface area contributed by atoms with Crippen molar-refractivity contribution in [2.24, 2.45) is 5.41 Å². The van der Waals surface area contributed by atoms with Crippen LogP contribution in [0.2, 0.25) is 5.02 Å². The van der Waals surface area contributed by atoms with E-state index in [1.807, 2.05) is 54.2 Å². The molecule has 4 atom stereocenters. The first-order valence-corrected chi connectivity index (χ1v) is 13.2. The molecule has 0 radical (unpaired) electrons. The summed E-state index contributed by atoms with van der Waals surface area (Å²) in [5.74, 6) is 1.46. The number of rotatable bonds is 1. The molecule has 2 fully saturated rings. The highest BCUT2D eigenvalue weighted by Gasteiger charge is 2.79. The Kier molecular flexibility index (Phi) is 4.25. The SMILES string of the molecule is Cc1ccccc1[C@H]1[C@@H]2CSCN2[C@@]2(C(=O)Nc3ccc(Cl)cc32)[C@@]12Cc1ccccc1C2=O. The molecular formula is C28H23ClN2O2S. The van der Waals surface area contributed by atoms with Crippen LogP contribution in [0.1, 0.15) is 38.5 Å². The fraction of sp³-hybridized carbons (Fsp3) is 0.286. The molecule has 3 aliphatic heterocycles. The van der Waals surface area contributed by atoms with Crippen molar-refractivity contribution in [3.05, 3.63) is 99.6 Å². The largest absolute Gasteiger partial charge is 0.324 e. The molecule has 2 saturated heterocycles. The van der Waals surface area contributed by atoms with E-state index in [-0.39, 0.29) is 23.7 Å². The molecule has 0 unspecified atom stereocenters. The van der Waals surface area contributed by atoms with Crippen molar-refractivity contribution in [2.45, 2.75) is 30.8 Å². The van der Waals surface area contributed by atoms with Crippen molar-refractivity contribution >= 4 is 40.7 Å². The van der Waals surface area contributed by atoms with Crippen LogP contribution in [-0.4, -0.2) is 34.3 Å². The first kappa shape index (κ1) is 20.7. The Balaban J connectivity index is 1.61. The van der Waals surface area contributed by atoms with E-state index in [0.717, 1.165) is 33.7 Å². The highest BCUT2D eigenvalue weighted by molar-refractivity contribution is 7.99. The van der Waals surface area contributed by atoms with E-state index < -0.39 is 11.0 Å². The van der Waals surface area contributed by atoms with Gasteiger partial charge in [-0.05, 0) is 48.2 Å². The standard InChI is InChI=1S/C28H23ClN2O2S/c1-16-6-2-4-8-19(16)24-23-14-34-15-31(23)28(21-12-18(29)10-11-22(21)30-26(28)33)27(24)13-17-7-3-5-9-20(17)25(27)32/h2-12,23-24H,13-15H2,1H3,(H,30,33)/t23-,24-,27-,28-/m0/s1. The number of halogens is 1. The smallest absolute Gasteiger partial charge is 0.250 e. The summed E-state index contributed by atoms with van der Waals surface area (Å²) in [6, 6.07) is 21.9. The van der Waals surface area contributed by atoms with E-state index in [0.29, 0.717) is 17.3 Å². The van der Waals surface area contributed by atoms with Crippen LogP contribution < -0.4 is 5.32 Å². The number of nitrogens with one attached hydrogen (secondary N) is 1. The maximum Gasteiger partial charge on any atom is 0.250 e. The van der Waals surface area contributed by atoms with Crippen molar-refractivity contribution < 1.29 is 9.59 Å². The molecule has 1 aliphatic carbocycles. The predicted molar refractivity (Wildman–Crippen MR) is 136 cm³/mol. The number of nitrogens with zero attached hydrogens (tertiary/aromatic N) is 1. The third-order valence-corrected chi connectivity index (χ3v) is 9.79. The Morgan fingerprint density at radius 3 is 2.68 bits per heavy atom. The van der Waals surface area contributed by atoms with E-state index in [2.05, 4.69) is 41.4 Å². The summed E-state index contributed by atoms with van der Waals surface area (Å²) < 4.78 is 0. The minimum atomic E-state index is -1.11. The van der Waals surface area contributed by atoms with Gasteiger partial charge in [0.25, 0.3) is 5.91 Å². The van der Waals surface area contributed by atoms with E-state index in [9.17, 15) is 9.59 Å². The van der Waals surface area contributed by atoms with Gasteiger partial charge in [0.05, 0.1) is 5.41 Å². The van der Waals surface area contributed by atoms with Gasteiger partial charge in [-0.1, -0.05) is 60.1 Å². The van der Waals surface area contributed by atoms with Gasteiger partial charge in [0.15, 0.2) is 5.78 Å². The predicted octanol–water partition coefficient (Wildman–Crippen LogP) is 5.39. The molecule has 0 bridgehead atoms. The number of Topliss-reactive ketones (excluding diaryl/α,β-unsaturated/α-hetero) is 1. The highest BCUT2D eigenvalue weighted by Crippen LogP contribution is 2.70. The Morgan fingerprint density at radius 1 is 1.06 bits per heavy atom. The van der Waals surface area contributed by atoms with E-state index >= 15 is 0 Å². The number of benzene rings is 3. The summed E-state index contributed by atoms with van der Waals surface area (Å²) in [6.07, 6.45) is 0.540. The van der Waals surface area contributed by atoms with Crippen LogP contribution in [0.3, 0.4) is 0 Å². The van der Waals surface area contributed by atoms with Crippen molar-refractivity contribution in [3.8, 4) is 0 Å². The van der Waals surface area contributed by atoms with Gasteiger partial charge in [0, 0.05) is 45.4 Å². The molecule has 0 saturated carbocycles. The van der Waals surface area contributed by atoms with Crippen LogP contribution in [0.5, 0.6) is 0 Å². The lowest BCUT2D eigenvalue weighted by molar-refractivity contribution is -0.130. The number of carbonyl (C=O) groups excluding carboxylic acids is 2. The molecule has 170 valence electrons. The monoisotopic (exact) mass is 486 g/mol. The van der Waals surface area contributed by atoms with Gasteiger partial charge in [-0.2, -0.15) is 0 Å². The lowest BCUT2D eigenvalue weighted by Crippen LogP contribution is -2.58. The average Bonchev–Trinajstić information content (AvgIpc) is 3.54. The van der Waals surface area contributed by atoms with Crippen LogP contribution in [0.25, 0.3) is 0 Å². The summed E-state index contributed by atoms with van der Waals surface area (Å²) in [4.78, 5) is 31.3. The minimum Gasteiger partial charge on any atom is -0.324 e. The van der Waals surface area contributed by atoms with Gasteiger partial charge < -0.3 is 5.32 Å². The van der Waals surface area contributed by atoms with Gasteiger partial charge in [-0.25, -0.2) is 0 Å². The summed E-state index contributed by atoms with van der Waals surface area (Å²) in [6.45, 7) is 2.12. The third-order valence-electron chi connectivity index (χ3n) is 8.52. The van der Waals surface area contributed by atoms with Crippen molar-refractivity contribution in [3.63, 3.8) is 0 Å². The summed E-state index contributed by atoms with van der Waals surface area (Å²) in [5.41, 5.74) is 3.66. The molecule has 3 aromatic carbocycles. The number of hydrogen-bond donors (Lipinski definition) is 1. The topological polar surface area (TPSA) is 49.4 Å². The Hall–Kier alpha value is -2.60. The molecule has 7 rings (SSSR count). The van der Waals surface area contributed by atoms with Gasteiger partial charge in [0.2, 0.25) is 0 Å². The first-order chi connectivity index (χ1) is 16.5. The number of anilines is 1. The molecule has 3 aromatic rings. The molecule has 1 amide bonds. The molecular weight excluding hydrogens is 464 g/mol. The number of fused-ring (bicyclic) bond motifs is 6. The van der Waals surface area contributed by atoms with Crippen molar-refractivity contribution in [1.82, 2.24) is 4.90 Å². The fourth-order valence-electron chi connectivity index (χ4n) is 7.35. The molecule has 4 aliphatic rings. The zero-order valence-electron chi connectivity index (χ0n) is 18.7. The summed E-state index contributed by atoms with van der Waals surface area (Å²) in [7, 11) is 0. The molecule has 1 N–H and O–H groups in total. The Morgan fingerprint density at radius 2 is 1.85 bits per heavy atom. The van der Waals surface area contributed by atoms with Crippen LogP contribution >= 0.6 is 23.4 Å². The summed E-state index contributed by atoms with van der Waals surface area (Å²) >= 11 is 8.37. The molecule has 4 nitrogen and oxygen atoms in total. The Bertz CT molecular complexity index is 1410. The van der Waals surface area contributed by atoms with Crippen LogP contribution in [0.4, 0.5) is 5.69 Å². The van der Waals surface area contributed by atoms with Gasteiger partial charge in [-0.15, -0.1) is 11.8 Å². The number of ketones is 1. The first-order valence-electron chi connectivity index (χ1n) is 11.6. The van der Waals surface area contributed by atoms with Crippen LogP contribution in [0.15, 0.2) is 66.7 Å². The number of amides is 1. The lowest BCUT2D eigenvalue weighted by Gasteiger charge is -2.44. The molecule has 0 aromatic heterocycles. The quantitative estimate of drug-likeness (QED) is 0.500. The second-order valence-electron chi connectivity index (χ2n) is 9.86.